The molecule has 0 bridgehead atoms. The highest BCUT2D eigenvalue weighted by atomic mass is 32.2. The third-order valence-electron chi connectivity index (χ3n) is 4.99. The standard InChI is InChI=1S/C21H23N3O4S2/c1-27-10-9-24-20(26)18-15-7-4-8-16(15)30-19(18)23-21(24)29-12-17(25)22-13-5-3-6-14(11-13)28-2/h3,5-6,11H,4,7-10,12H2,1-2H3,(H,22,25). The van der Waals surface area contributed by atoms with Crippen LogP contribution in [0.4, 0.5) is 5.69 Å². The lowest BCUT2D eigenvalue weighted by Gasteiger charge is -2.12. The Balaban J connectivity index is 1.56. The van der Waals surface area contributed by atoms with Crippen molar-refractivity contribution in [3.63, 3.8) is 0 Å². The van der Waals surface area contributed by atoms with E-state index >= 15 is 0 Å². The summed E-state index contributed by atoms with van der Waals surface area (Å²) in [4.78, 5) is 32.5. The molecule has 3 aromatic rings. The molecule has 7 nitrogen and oxygen atoms in total. The van der Waals surface area contributed by atoms with Gasteiger partial charge in [0.15, 0.2) is 5.16 Å². The van der Waals surface area contributed by atoms with Crippen molar-refractivity contribution in [2.75, 3.05) is 31.9 Å². The second kappa shape index (κ2) is 9.20. The van der Waals surface area contributed by atoms with Crippen molar-refractivity contribution < 1.29 is 14.3 Å². The van der Waals surface area contributed by atoms with E-state index in [1.54, 1.807) is 42.3 Å². The number of thioether (sulfide) groups is 1. The fourth-order valence-corrected chi connectivity index (χ4v) is 5.70. The number of aromatic nitrogens is 2. The number of anilines is 1. The summed E-state index contributed by atoms with van der Waals surface area (Å²) in [5.74, 6) is 0.647. The Morgan fingerprint density at radius 2 is 2.20 bits per heavy atom. The van der Waals surface area contributed by atoms with Gasteiger partial charge in [0.1, 0.15) is 10.6 Å². The third kappa shape index (κ3) is 4.23. The number of carbonyl (C=O) groups is 1. The van der Waals surface area contributed by atoms with Crippen molar-refractivity contribution in [2.24, 2.45) is 0 Å². The summed E-state index contributed by atoms with van der Waals surface area (Å²) in [6.45, 7) is 0.811. The molecule has 1 amide bonds. The van der Waals surface area contributed by atoms with E-state index in [9.17, 15) is 9.59 Å². The molecule has 1 N–H and O–H groups in total. The van der Waals surface area contributed by atoms with Gasteiger partial charge in [0.25, 0.3) is 5.56 Å². The smallest absolute Gasteiger partial charge is 0.263 e. The zero-order chi connectivity index (χ0) is 21.1. The van der Waals surface area contributed by atoms with Gasteiger partial charge in [-0.05, 0) is 37.0 Å². The first-order valence-electron chi connectivity index (χ1n) is 9.71. The van der Waals surface area contributed by atoms with Gasteiger partial charge in [0.05, 0.1) is 31.4 Å². The predicted molar refractivity (Wildman–Crippen MR) is 120 cm³/mol. The minimum absolute atomic E-state index is 0.0350. The van der Waals surface area contributed by atoms with Gasteiger partial charge in [-0.3, -0.25) is 14.2 Å². The van der Waals surface area contributed by atoms with Crippen LogP contribution in [-0.4, -0.2) is 42.0 Å². The molecule has 0 fully saturated rings. The number of nitrogens with zero attached hydrogens (tertiary/aromatic N) is 2. The van der Waals surface area contributed by atoms with Crippen molar-refractivity contribution in [1.82, 2.24) is 9.55 Å². The Labute approximate surface area is 182 Å². The molecular weight excluding hydrogens is 422 g/mol. The maximum atomic E-state index is 13.2. The van der Waals surface area contributed by atoms with E-state index in [1.807, 2.05) is 12.1 Å². The molecule has 0 unspecified atom stereocenters. The van der Waals surface area contributed by atoms with Crippen LogP contribution in [0.5, 0.6) is 5.75 Å². The average Bonchev–Trinajstić information content (AvgIpc) is 3.32. The number of hydrogen-bond acceptors (Lipinski definition) is 7. The van der Waals surface area contributed by atoms with Crippen LogP contribution in [0.25, 0.3) is 10.2 Å². The maximum absolute atomic E-state index is 13.2. The Morgan fingerprint density at radius 1 is 1.33 bits per heavy atom. The van der Waals surface area contributed by atoms with Crippen LogP contribution in [-0.2, 0) is 28.9 Å². The zero-order valence-corrected chi connectivity index (χ0v) is 18.5. The lowest BCUT2D eigenvalue weighted by atomic mass is 10.2. The highest BCUT2D eigenvalue weighted by Crippen LogP contribution is 2.35. The van der Waals surface area contributed by atoms with Crippen LogP contribution < -0.4 is 15.6 Å². The van der Waals surface area contributed by atoms with Crippen molar-refractivity contribution in [2.45, 2.75) is 31.0 Å². The first kappa shape index (κ1) is 20.9. The zero-order valence-electron chi connectivity index (χ0n) is 16.9. The minimum atomic E-state index is -0.172. The monoisotopic (exact) mass is 445 g/mol. The minimum Gasteiger partial charge on any atom is -0.497 e. The maximum Gasteiger partial charge on any atom is 0.263 e. The molecule has 2 aromatic heterocycles. The summed E-state index contributed by atoms with van der Waals surface area (Å²) in [6.07, 6.45) is 3.04. The number of ether oxygens (including phenoxy) is 2. The molecule has 1 aliphatic carbocycles. The van der Waals surface area contributed by atoms with Crippen molar-refractivity contribution in [3.05, 3.63) is 45.1 Å². The number of rotatable bonds is 8. The summed E-state index contributed by atoms with van der Waals surface area (Å²) in [5, 5.41) is 4.15. The van der Waals surface area contributed by atoms with E-state index in [2.05, 4.69) is 5.32 Å². The number of methoxy groups -OCH3 is 2. The lowest BCUT2D eigenvalue weighted by Crippen LogP contribution is -2.26. The molecule has 2 heterocycles. The molecular formula is C21H23N3O4S2. The van der Waals surface area contributed by atoms with Gasteiger partial charge in [-0.25, -0.2) is 4.98 Å². The van der Waals surface area contributed by atoms with Gasteiger partial charge in [-0.2, -0.15) is 0 Å². The van der Waals surface area contributed by atoms with E-state index in [1.165, 1.54) is 16.6 Å². The van der Waals surface area contributed by atoms with Gasteiger partial charge >= 0.3 is 0 Å². The highest BCUT2D eigenvalue weighted by molar-refractivity contribution is 7.99. The number of benzene rings is 1. The van der Waals surface area contributed by atoms with Gasteiger partial charge in [-0.1, -0.05) is 17.8 Å². The largest absolute Gasteiger partial charge is 0.497 e. The summed E-state index contributed by atoms with van der Waals surface area (Å²) in [7, 11) is 3.19. The number of thiophene rings is 1. The van der Waals surface area contributed by atoms with Crippen LogP contribution in [0.1, 0.15) is 16.9 Å². The molecule has 0 saturated heterocycles. The fraction of sp³-hybridized carbons (Fsp3) is 0.381. The molecule has 30 heavy (non-hydrogen) atoms. The molecule has 0 saturated carbocycles. The lowest BCUT2D eigenvalue weighted by molar-refractivity contribution is -0.113. The van der Waals surface area contributed by atoms with Crippen LogP contribution in [0, 0.1) is 0 Å². The Hall–Kier alpha value is -2.36. The first-order valence-corrected chi connectivity index (χ1v) is 11.5. The second-order valence-corrected chi connectivity index (χ2v) is 8.98. The van der Waals surface area contributed by atoms with E-state index in [-0.39, 0.29) is 17.2 Å². The number of carbonyl (C=O) groups excluding carboxylic acids is 1. The highest BCUT2D eigenvalue weighted by Gasteiger charge is 2.23. The van der Waals surface area contributed by atoms with E-state index in [0.29, 0.717) is 29.7 Å². The van der Waals surface area contributed by atoms with Gasteiger partial charge in [0.2, 0.25) is 5.91 Å². The van der Waals surface area contributed by atoms with Crippen LogP contribution in [0.2, 0.25) is 0 Å². The molecule has 0 spiro atoms. The SMILES string of the molecule is COCCn1c(SCC(=O)Nc2cccc(OC)c2)nc2sc3c(c2c1=O)CCC3. The topological polar surface area (TPSA) is 82.4 Å². The van der Waals surface area contributed by atoms with Gasteiger partial charge < -0.3 is 14.8 Å². The number of nitrogens with one attached hydrogen (secondary N) is 1. The molecule has 1 aromatic carbocycles. The fourth-order valence-electron chi connectivity index (χ4n) is 3.58. The number of amides is 1. The molecule has 0 aliphatic heterocycles. The molecule has 0 atom stereocenters. The van der Waals surface area contributed by atoms with Crippen LogP contribution in [0.3, 0.4) is 0 Å². The van der Waals surface area contributed by atoms with Crippen molar-refractivity contribution >= 4 is 44.9 Å². The second-order valence-electron chi connectivity index (χ2n) is 6.95. The average molecular weight is 446 g/mol. The normalized spacial score (nSPS) is 12.9. The van der Waals surface area contributed by atoms with Crippen LogP contribution in [0.15, 0.2) is 34.2 Å². The van der Waals surface area contributed by atoms with E-state index in [0.717, 1.165) is 35.0 Å². The summed E-state index contributed by atoms with van der Waals surface area (Å²) in [6, 6.07) is 7.19. The third-order valence-corrected chi connectivity index (χ3v) is 7.16. The molecule has 158 valence electrons. The molecule has 1 aliphatic rings. The van der Waals surface area contributed by atoms with E-state index < -0.39 is 0 Å². The molecule has 0 radical (unpaired) electrons. The quantitative estimate of drug-likeness (QED) is 0.423. The number of fused-ring (bicyclic) bond motifs is 3. The summed E-state index contributed by atoms with van der Waals surface area (Å²) >= 11 is 2.87. The van der Waals surface area contributed by atoms with Crippen LogP contribution >= 0.6 is 23.1 Å². The molecule has 4 rings (SSSR count). The Kier molecular flexibility index (Phi) is 6.40. The number of hydrogen-bond donors (Lipinski definition) is 1. The Bertz CT molecular complexity index is 1140. The van der Waals surface area contributed by atoms with E-state index in [4.69, 9.17) is 14.5 Å². The summed E-state index contributed by atoms with van der Waals surface area (Å²) < 4.78 is 12.0. The Morgan fingerprint density at radius 3 is 3.00 bits per heavy atom. The number of aryl methyl sites for hydroxylation is 2. The van der Waals surface area contributed by atoms with Gasteiger partial charge in [0, 0.05) is 23.7 Å². The van der Waals surface area contributed by atoms with Crippen molar-refractivity contribution in [1.29, 1.82) is 0 Å². The summed E-state index contributed by atoms with van der Waals surface area (Å²) in [5.41, 5.74) is 1.79. The first-order chi connectivity index (χ1) is 14.6. The molecule has 9 heteroatoms. The van der Waals surface area contributed by atoms with Crippen molar-refractivity contribution in [3.8, 4) is 5.75 Å². The van der Waals surface area contributed by atoms with Gasteiger partial charge in [-0.15, -0.1) is 11.3 Å². The predicted octanol–water partition coefficient (Wildman–Crippen LogP) is 3.33.